The molecule has 2 amide bonds. The molecule has 1 N–H and O–H groups in total. The van der Waals surface area contributed by atoms with Gasteiger partial charge < -0.3 is 14.6 Å². The summed E-state index contributed by atoms with van der Waals surface area (Å²) in [6.07, 6.45) is 3.96. The molecule has 134 valence electrons. The van der Waals surface area contributed by atoms with E-state index >= 15 is 0 Å². The Morgan fingerprint density at radius 3 is 2.85 bits per heavy atom. The first-order valence-electron chi connectivity index (χ1n) is 8.10. The fourth-order valence-electron chi connectivity index (χ4n) is 2.50. The van der Waals surface area contributed by atoms with Crippen LogP contribution in [0.15, 0.2) is 53.3 Å². The van der Waals surface area contributed by atoms with Gasteiger partial charge in [-0.1, -0.05) is 29.8 Å². The molecule has 2 heterocycles. The van der Waals surface area contributed by atoms with E-state index in [1.165, 1.54) is 33.6 Å². The predicted octanol–water partition coefficient (Wildman–Crippen LogP) is 3.35. The lowest BCUT2D eigenvalue weighted by Crippen LogP contribution is -2.34. The van der Waals surface area contributed by atoms with Crippen LogP contribution >= 0.6 is 11.3 Å². The van der Waals surface area contributed by atoms with Crippen molar-refractivity contribution in [2.75, 3.05) is 18.9 Å². The second kappa shape index (κ2) is 7.97. The Morgan fingerprint density at radius 2 is 2.12 bits per heavy atom. The molecular weight excluding hydrogens is 350 g/mol. The average Bonchev–Trinajstić information content (AvgIpc) is 3.26. The number of aryl methyl sites for hydroxylation is 1. The molecular formula is C19H19N3O3S. The number of likely N-dealkylation sites (N-methyl/N-ethyl adjacent to an activating group) is 1. The second-order valence-corrected chi connectivity index (χ2v) is 7.10. The van der Waals surface area contributed by atoms with Crippen molar-refractivity contribution in [3.8, 4) is 0 Å². The number of nitrogens with one attached hydrogen (secondary N) is 1. The largest absolute Gasteiger partial charge is 0.459 e. The smallest absolute Gasteiger partial charge is 0.289 e. The summed E-state index contributed by atoms with van der Waals surface area (Å²) < 4.78 is 5.05. The standard InChI is InChI=1S/C19H19N3O3S/c1-13-5-3-6-14(9-13)10-15-11-20-19(26-15)21-17(23)12-22(2)18(24)16-7-4-8-25-16/h3-9,11H,10,12H2,1-2H3,(H,20,21,23). The maximum Gasteiger partial charge on any atom is 0.289 e. The van der Waals surface area contributed by atoms with E-state index in [-0.39, 0.29) is 24.1 Å². The Morgan fingerprint density at radius 1 is 1.27 bits per heavy atom. The van der Waals surface area contributed by atoms with Gasteiger partial charge in [0.1, 0.15) is 6.54 Å². The Labute approximate surface area is 155 Å². The van der Waals surface area contributed by atoms with Gasteiger partial charge in [-0.3, -0.25) is 9.59 Å². The highest BCUT2D eigenvalue weighted by Gasteiger charge is 2.17. The summed E-state index contributed by atoms with van der Waals surface area (Å²) in [6, 6.07) is 11.5. The van der Waals surface area contributed by atoms with Crippen molar-refractivity contribution in [3.63, 3.8) is 0 Å². The quantitative estimate of drug-likeness (QED) is 0.723. The highest BCUT2D eigenvalue weighted by atomic mass is 32.1. The fourth-order valence-corrected chi connectivity index (χ4v) is 3.37. The molecule has 3 rings (SSSR count). The first-order valence-corrected chi connectivity index (χ1v) is 8.92. The van der Waals surface area contributed by atoms with E-state index in [4.69, 9.17) is 4.42 Å². The number of aromatic nitrogens is 1. The number of hydrogen-bond donors (Lipinski definition) is 1. The van der Waals surface area contributed by atoms with Crippen LogP contribution in [-0.2, 0) is 11.2 Å². The predicted molar refractivity (Wildman–Crippen MR) is 100 cm³/mol. The summed E-state index contributed by atoms with van der Waals surface area (Å²) in [5.74, 6) is -0.441. The van der Waals surface area contributed by atoms with E-state index < -0.39 is 0 Å². The number of nitrogens with zero attached hydrogens (tertiary/aromatic N) is 2. The summed E-state index contributed by atoms with van der Waals surface area (Å²) in [6.45, 7) is 1.98. The summed E-state index contributed by atoms with van der Waals surface area (Å²) >= 11 is 1.43. The molecule has 1 aromatic carbocycles. The molecule has 0 fully saturated rings. The number of hydrogen-bond acceptors (Lipinski definition) is 5. The minimum atomic E-state index is -0.343. The topological polar surface area (TPSA) is 75.4 Å². The van der Waals surface area contributed by atoms with Gasteiger partial charge in [-0.25, -0.2) is 4.98 Å². The maximum atomic E-state index is 12.1. The zero-order valence-electron chi connectivity index (χ0n) is 14.6. The van der Waals surface area contributed by atoms with Gasteiger partial charge in [-0.2, -0.15) is 0 Å². The lowest BCUT2D eigenvalue weighted by atomic mass is 10.1. The number of carbonyl (C=O) groups is 2. The molecule has 26 heavy (non-hydrogen) atoms. The molecule has 3 aromatic rings. The normalized spacial score (nSPS) is 10.5. The third-order valence-corrected chi connectivity index (χ3v) is 4.63. The van der Waals surface area contributed by atoms with Crippen molar-refractivity contribution in [3.05, 3.63) is 70.6 Å². The van der Waals surface area contributed by atoms with Gasteiger partial charge in [-0.05, 0) is 24.6 Å². The van der Waals surface area contributed by atoms with Gasteiger partial charge in [0.05, 0.1) is 6.26 Å². The van der Waals surface area contributed by atoms with Crippen LogP contribution in [0.4, 0.5) is 5.13 Å². The van der Waals surface area contributed by atoms with Crippen LogP contribution < -0.4 is 5.32 Å². The summed E-state index contributed by atoms with van der Waals surface area (Å²) in [7, 11) is 1.55. The molecule has 0 bridgehead atoms. The van der Waals surface area contributed by atoms with E-state index in [1.807, 2.05) is 6.07 Å². The molecule has 0 aliphatic carbocycles. The third-order valence-electron chi connectivity index (χ3n) is 3.72. The zero-order valence-corrected chi connectivity index (χ0v) is 15.4. The number of amides is 2. The molecule has 0 saturated heterocycles. The minimum absolute atomic E-state index is 0.0771. The first kappa shape index (κ1) is 17.9. The fraction of sp³-hybridized carbons (Fsp3) is 0.211. The van der Waals surface area contributed by atoms with E-state index in [9.17, 15) is 9.59 Å². The number of carbonyl (C=O) groups excluding carboxylic acids is 2. The Kier molecular flexibility index (Phi) is 5.48. The van der Waals surface area contributed by atoms with Crippen molar-refractivity contribution in [2.45, 2.75) is 13.3 Å². The van der Waals surface area contributed by atoms with Crippen LogP contribution in [0.1, 0.15) is 26.6 Å². The number of benzene rings is 1. The maximum absolute atomic E-state index is 12.1. The number of furan rings is 1. The number of rotatable bonds is 6. The highest BCUT2D eigenvalue weighted by Crippen LogP contribution is 2.21. The van der Waals surface area contributed by atoms with Crippen molar-refractivity contribution >= 4 is 28.3 Å². The Hall–Kier alpha value is -2.93. The molecule has 0 unspecified atom stereocenters. The van der Waals surface area contributed by atoms with Crippen molar-refractivity contribution in [1.29, 1.82) is 0 Å². The molecule has 0 aliphatic rings. The summed E-state index contributed by atoms with van der Waals surface area (Å²) in [5.41, 5.74) is 2.42. The van der Waals surface area contributed by atoms with Crippen LogP contribution in [0.3, 0.4) is 0 Å². The van der Waals surface area contributed by atoms with Crippen LogP contribution in [-0.4, -0.2) is 35.3 Å². The van der Waals surface area contributed by atoms with Gasteiger partial charge in [0, 0.05) is 24.5 Å². The van der Waals surface area contributed by atoms with Crippen molar-refractivity contribution in [1.82, 2.24) is 9.88 Å². The van der Waals surface area contributed by atoms with Crippen LogP contribution in [0.2, 0.25) is 0 Å². The van der Waals surface area contributed by atoms with Crippen LogP contribution in [0, 0.1) is 6.92 Å². The van der Waals surface area contributed by atoms with Crippen LogP contribution in [0.5, 0.6) is 0 Å². The monoisotopic (exact) mass is 369 g/mol. The Balaban J connectivity index is 1.55. The third kappa shape index (κ3) is 4.58. The summed E-state index contributed by atoms with van der Waals surface area (Å²) in [5, 5.41) is 3.26. The van der Waals surface area contributed by atoms with E-state index in [1.54, 1.807) is 25.4 Å². The zero-order chi connectivity index (χ0) is 18.5. The molecule has 6 nitrogen and oxygen atoms in total. The van der Waals surface area contributed by atoms with Gasteiger partial charge in [-0.15, -0.1) is 11.3 Å². The van der Waals surface area contributed by atoms with E-state index in [2.05, 4.69) is 35.4 Å². The van der Waals surface area contributed by atoms with Crippen molar-refractivity contribution in [2.24, 2.45) is 0 Å². The average molecular weight is 369 g/mol. The van der Waals surface area contributed by atoms with Gasteiger partial charge in [0.2, 0.25) is 5.91 Å². The minimum Gasteiger partial charge on any atom is -0.459 e. The molecule has 2 aromatic heterocycles. The molecule has 0 aliphatic heterocycles. The van der Waals surface area contributed by atoms with E-state index in [0.29, 0.717) is 5.13 Å². The first-order chi connectivity index (χ1) is 12.5. The molecule has 0 atom stereocenters. The lowest BCUT2D eigenvalue weighted by molar-refractivity contribution is -0.116. The number of thiazole rings is 1. The summed E-state index contributed by atoms with van der Waals surface area (Å²) in [4.78, 5) is 30.8. The van der Waals surface area contributed by atoms with Gasteiger partial charge >= 0.3 is 0 Å². The van der Waals surface area contributed by atoms with Gasteiger partial charge in [0.15, 0.2) is 10.9 Å². The number of anilines is 1. The van der Waals surface area contributed by atoms with Crippen LogP contribution in [0.25, 0.3) is 0 Å². The second-order valence-electron chi connectivity index (χ2n) is 5.98. The van der Waals surface area contributed by atoms with Gasteiger partial charge in [0.25, 0.3) is 5.91 Å². The van der Waals surface area contributed by atoms with E-state index in [0.717, 1.165) is 11.3 Å². The SMILES string of the molecule is Cc1cccc(Cc2cnc(NC(=O)CN(C)C(=O)c3ccco3)s2)c1. The molecule has 0 radical (unpaired) electrons. The Bertz CT molecular complexity index is 902. The highest BCUT2D eigenvalue weighted by molar-refractivity contribution is 7.15. The lowest BCUT2D eigenvalue weighted by Gasteiger charge is -2.14. The molecule has 0 spiro atoms. The molecule has 7 heteroatoms. The van der Waals surface area contributed by atoms with Crippen molar-refractivity contribution < 1.29 is 14.0 Å². The molecule has 0 saturated carbocycles.